The van der Waals surface area contributed by atoms with Crippen LogP contribution in [0.2, 0.25) is 0 Å². The zero-order valence-electron chi connectivity index (χ0n) is 15.9. The van der Waals surface area contributed by atoms with Gasteiger partial charge in [-0.15, -0.1) is 4.40 Å². The number of carbonyl (C=O) groups excluding carboxylic acids is 1. The van der Waals surface area contributed by atoms with Gasteiger partial charge in [0.25, 0.3) is 10.0 Å². The van der Waals surface area contributed by atoms with Crippen molar-refractivity contribution in [2.24, 2.45) is 4.40 Å². The lowest BCUT2D eigenvalue weighted by atomic mass is 10.1. The van der Waals surface area contributed by atoms with Gasteiger partial charge in [-0.3, -0.25) is 4.79 Å². The Hall–Kier alpha value is -2.93. The highest BCUT2D eigenvalue weighted by molar-refractivity contribution is 7.90. The van der Waals surface area contributed by atoms with Crippen molar-refractivity contribution in [3.05, 3.63) is 66.2 Å². The van der Waals surface area contributed by atoms with Crippen molar-refractivity contribution in [3.8, 4) is 0 Å². The average Bonchev–Trinajstić information content (AvgIpc) is 3.06. The third kappa shape index (κ3) is 4.86. The fourth-order valence-corrected chi connectivity index (χ4v) is 4.13. The number of nitrogens with one attached hydrogen (secondary N) is 1. The van der Waals surface area contributed by atoms with Gasteiger partial charge in [-0.05, 0) is 42.7 Å². The molecule has 7 heteroatoms. The highest BCUT2D eigenvalue weighted by Gasteiger charge is 2.20. The Morgan fingerprint density at radius 3 is 2.57 bits per heavy atom. The smallest absolute Gasteiger partial charge is 0.284 e. The second kappa shape index (κ2) is 8.39. The van der Waals surface area contributed by atoms with E-state index in [2.05, 4.69) is 9.71 Å². The summed E-state index contributed by atoms with van der Waals surface area (Å²) in [5.41, 5.74) is 2.17. The molecule has 146 valence electrons. The van der Waals surface area contributed by atoms with Crippen molar-refractivity contribution < 1.29 is 13.2 Å². The van der Waals surface area contributed by atoms with E-state index in [0.717, 1.165) is 24.1 Å². The van der Waals surface area contributed by atoms with Crippen LogP contribution in [-0.4, -0.2) is 38.7 Å². The SMILES string of the molecule is C/C(=C\C(=O)Nc1cccc(S(=O)(=O)/N=C2/CCCN2C)c1)c1ccccc1. The third-order valence-electron chi connectivity index (χ3n) is 4.54. The van der Waals surface area contributed by atoms with Gasteiger partial charge in [0.05, 0.1) is 4.90 Å². The van der Waals surface area contributed by atoms with Crippen LogP contribution in [0.3, 0.4) is 0 Å². The normalized spacial score (nSPS) is 16.4. The summed E-state index contributed by atoms with van der Waals surface area (Å²) < 4.78 is 29.1. The molecule has 3 rings (SSSR count). The summed E-state index contributed by atoms with van der Waals surface area (Å²) in [4.78, 5) is 14.2. The summed E-state index contributed by atoms with van der Waals surface area (Å²) >= 11 is 0. The van der Waals surface area contributed by atoms with E-state index in [4.69, 9.17) is 0 Å². The van der Waals surface area contributed by atoms with Gasteiger partial charge < -0.3 is 10.2 Å². The highest BCUT2D eigenvalue weighted by Crippen LogP contribution is 2.20. The van der Waals surface area contributed by atoms with Crippen LogP contribution in [-0.2, 0) is 14.8 Å². The fourth-order valence-electron chi connectivity index (χ4n) is 2.99. The molecular formula is C21H23N3O3S. The van der Waals surface area contributed by atoms with E-state index in [9.17, 15) is 13.2 Å². The molecule has 0 bridgehead atoms. The molecule has 0 aromatic heterocycles. The number of rotatable bonds is 5. The van der Waals surface area contributed by atoms with E-state index in [1.807, 2.05) is 49.2 Å². The Balaban J connectivity index is 1.77. The molecule has 1 heterocycles. The van der Waals surface area contributed by atoms with Crippen molar-refractivity contribution in [1.29, 1.82) is 0 Å². The Labute approximate surface area is 165 Å². The van der Waals surface area contributed by atoms with E-state index < -0.39 is 10.0 Å². The molecule has 1 amide bonds. The number of amidine groups is 1. The van der Waals surface area contributed by atoms with E-state index in [0.29, 0.717) is 17.9 Å². The lowest BCUT2D eigenvalue weighted by Gasteiger charge is -2.11. The van der Waals surface area contributed by atoms with Gasteiger partial charge >= 0.3 is 0 Å². The lowest BCUT2D eigenvalue weighted by molar-refractivity contribution is -0.111. The van der Waals surface area contributed by atoms with Crippen LogP contribution in [0.25, 0.3) is 5.57 Å². The minimum absolute atomic E-state index is 0.0573. The predicted molar refractivity (Wildman–Crippen MR) is 112 cm³/mol. The number of allylic oxidation sites excluding steroid dienone is 1. The average molecular weight is 398 g/mol. The third-order valence-corrected chi connectivity index (χ3v) is 5.84. The maximum atomic E-state index is 12.6. The molecule has 0 radical (unpaired) electrons. The Morgan fingerprint density at radius 2 is 1.89 bits per heavy atom. The number of carbonyl (C=O) groups is 1. The number of sulfonamides is 1. The van der Waals surface area contributed by atoms with Gasteiger partial charge in [-0.2, -0.15) is 8.42 Å². The van der Waals surface area contributed by atoms with Crippen molar-refractivity contribution in [3.63, 3.8) is 0 Å². The van der Waals surface area contributed by atoms with E-state index in [-0.39, 0.29) is 10.8 Å². The lowest BCUT2D eigenvalue weighted by Crippen LogP contribution is -2.20. The first kappa shape index (κ1) is 19.8. The number of hydrogen-bond acceptors (Lipinski definition) is 3. The summed E-state index contributed by atoms with van der Waals surface area (Å²) in [7, 11) is -1.99. The zero-order valence-corrected chi connectivity index (χ0v) is 16.7. The topological polar surface area (TPSA) is 78.8 Å². The first-order valence-electron chi connectivity index (χ1n) is 9.05. The molecule has 6 nitrogen and oxygen atoms in total. The van der Waals surface area contributed by atoms with Crippen LogP contribution in [0.5, 0.6) is 0 Å². The molecule has 1 fully saturated rings. The number of anilines is 1. The van der Waals surface area contributed by atoms with Crippen LogP contribution in [0, 0.1) is 0 Å². The number of hydrogen-bond donors (Lipinski definition) is 1. The fraction of sp³-hybridized carbons (Fsp3) is 0.238. The molecule has 0 saturated carbocycles. The van der Waals surface area contributed by atoms with Gasteiger partial charge in [0.15, 0.2) is 0 Å². The second-order valence-corrected chi connectivity index (χ2v) is 8.32. The molecule has 1 N–H and O–H groups in total. The second-order valence-electron chi connectivity index (χ2n) is 6.72. The van der Waals surface area contributed by atoms with Gasteiger partial charge in [-0.25, -0.2) is 0 Å². The molecule has 1 aliphatic rings. The van der Waals surface area contributed by atoms with Crippen LogP contribution in [0.4, 0.5) is 5.69 Å². The molecule has 0 atom stereocenters. The molecular weight excluding hydrogens is 374 g/mol. The maximum absolute atomic E-state index is 12.6. The number of benzene rings is 2. The summed E-state index contributed by atoms with van der Waals surface area (Å²) in [6.07, 6.45) is 3.04. The van der Waals surface area contributed by atoms with Crippen LogP contribution >= 0.6 is 0 Å². The molecule has 2 aromatic rings. The summed E-state index contributed by atoms with van der Waals surface area (Å²) in [5.74, 6) is 0.244. The highest BCUT2D eigenvalue weighted by atomic mass is 32.2. The quantitative estimate of drug-likeness (QED) is 0.783. The van der Waals surface area contributed by atoms with Gasteiger partial charge in [-0.1, -0.05) is 36.4 Å². The molecule has 1 aliphatic heterocycles. The minimum atomic E-state index is -3.82. The van der Waals surface area contributed by atoms with Crippen molar-refractivity contribution >= 4 is 33.0 Å². The summed E-state index contributed by atoms with van der Waals surface area (Å²) in [6, 6.07) is 15.7. The Morgan fingerprint density at radius 1 is 1.14 bits per heavy atom. The molecule has 28 heavy (non-hydrogen) atoms. The van der Waals surface area contributed by atoms with Crippen molar-refractivity contribution in [1.82, 2.24) is 4.90 Å². The maximum Gasteiger partial charge on any atom is 0.284 e. The first-order chi connectivity index (χ1) is 13.3. The van der Waals surface area contributed by atoms with E-state index in [1.165, 1.54) is 18.2 Å². The standard InChI is InChI=1S/C21H23N3O3S/c1-16(17-8-4-3-5-9-17)14-21(25)22-18-10-6-11-19(15-18)28(26,27)23-20-12-7-13-24(20)2/h3-6,8-11,14-15H,7,12-13H2,1-2H3,(H,22,25)/b16-14+,23-20-. The predicted octanol–water partition coefficient (Wildman–Crippen LogP) is 3.54. The van der Waals surface area contributed by atoms with Crippen LogP contribution < -0.4 is 5.32 Å². The van der Waals surface area contributed by atoms with Gasteiger partial charge in [0.2, 0.25) is 5.91 Å². The molecule has 0 unspecified atom stereocenters. The summed E-state index contributed by atoms with van der Waals surface area (Å²) in [6.45, 7) is 2.65. The number of likely N-dealkylation sites (tertiary alicyclic amines) is 1. The van der Waals surface area contributed by atoms with Crippen LogP contribution in [0.1, 0.15) is 25.3 Å². The molecule has 0 spiro atoms. The minimum Gasteiger partial charge on any atom is -0.362 e. The molecule has 2 aromatic carbocycles. The van der Waals surface area contributed by atoms with Gasteiger partial charge in [0.1, 0.15) is 5.84 Å². The largest absolute Gasteiger partial charge is 0.362 e. The monoisotopic (exact) mass is 397 g/mol. The van der Waals surface area contributed by atoms with Crippen LogP contribution in [0.15, 0.2) is 70.0 Å². The molecule has 0 aliphatic carbocycles. The Bertz CT molecular complexity index is 1030. The van der Waals surface area contributed by atoms with Crippen molar-refractivity contribution in [2.45, 2.75) is 24.7 Å². The first-order valence-corrected chi connectivity index (χ1v) is 10.5. The number of amides is 1. The van der Waals surface area contributed by atoms with Gasteiger partial charge in [0, 0.05) is 31.8 Å². The molecule has 1 saturated heterocycles. The van der Waals surface area contributed by atoms with E-state index >= 15 is 0 Å². The zero-order chi connectivity index (χ0) is 20.1. The Kier molecular flexibility index (Phi) is 5.94. The van der Waals surface area contributed by atoms with Crippen molar-refractivity contribution in [2.75, 3.05) is 18.9 Å². The van der Waals surface area contributed by atoms with E-state index in [1.54, 1.807) is 12.1 Å². The summed E-state index contributed by atoms with van der Waals surface area (Å²) in [5, 5.41) is 2.72. The number of nitrogens with zero attached hydrogens (tertiary/aromatic N) is 2.